The third-order valence-corrected chi connectivity index (χ3v) is 6.25. The lowest BCUT2D eigenvalue weighted by molar-refractivity contribution is -0.122. The molecule has 5 rings (SSSR count). The molecular weight excluding hydrogens is 472 g/mol. The van der Waals surface area contributed by atoms with E-state index in [1.807, 2.05) is 36.5 Å². The summed E-state index contributed by atoms with van der Waals surface area (Å²) >= 11 is 8.54. The molecule has 152 valence electrons. The SMILES string of the molecule is O=C1CC(=S)NC(=O)/C1=C\c1cn(Cc2cccc3ccccc23)c2ccc(Br)cc12. The average Bonchev–Trinajstić information content (AvgIpc) is 3.07. The van der Waals surface area contributed by atoms with Gasteiger partial charge in [0.25, 0.3) is 5.91 Å². The van der Waals surface area contributed by atoms with Crippen LogP contribution in [0, 0.1) is 0 Å². The van der Waals surface area contributed by atoms with Gasteiger partial charge in [-0.05, 0) is 40.6 Å². The standard InChI is InChI=1S/C25H17BrN2O2S/c26-18-8-9-22-20(11-18)17(10-21-23(29)12-24(31)27-25(21)30)14-28(22)13-16-6-3-5-15-4-1-2-7-19(15)16/h1-11,14H,12-13H2,(H,27,30,31)/b21-10-. The van der Waals surface area contributed by atoms with E-state index in [0.29, 0.717) is 6.54 Å². The second-order valence-corrected chi connectivity index (χ2v) is 8.96. The first-order chi connectivity index (χ1) is 15.0. The number of thiocarbonyl (C=S) groups is 1. The number of fused-ring (bicyclic) bond motifs is 2. The largest absolute Gasteiger partial charge is 0.342 e. The van der Waals surface area contributed by atoms with Crippen molar-refractivity contribution in [2.45, 2.75) is 13.0 Å². The Labute approximate surface area is 192 Å². The topological polar surface area (TPSA) is 51.1 Å². The van der Waals surface area contributed by atoms with Crippen LogP contribution in [0.4, 0.5) is 0 Å². The van der Waals surface area contributed by atoms with Crippen LogP contribution < -0.4 is 5.32 Å². The van der Waals surface area contributed by atoms with E-state index >= 15 is 0 Å². The fourth-order valence-electron chi connectivity index (χ4n) is 4.06. The molecule has 6 heteroatoms. The van der Waals surface area contributed by atoms with Gasteiger partial charge in [0, 0.05) is 33.7 Å². The molecule has 1 aliphatic rings. The summed E-state index contributed by atoms with van der Waals surface area (Å²) in [5.41, 5.74) is 3.19. The maximum Gasteiger partial charge on any atom is 0.259 e. The van der Waals surface area contributed by atoms with Gasteiger partial charge in [0.2, 0.25) is 0 Å². The molecule has 0 saturated carbocycles. The lowest BCUT2D eigenvalue weighted by atomic mass is 10.0. The van der Waals surface area contributed by atoms with E-state index < -0.39 is 5.91 Å². The predicted molar refractivity (Wildman–Crippen MR) is 131 cm³/mol. The third kappa shape index (κ3) is 3.73. The van der Waals surface area contributed by atoms with E-state index in [1.54, 1.807) is 6.08 Å². The second-order valence-electron chi connectivity index (χ2n) is 7.55. The van der Waals surface area contributed by atoms with Gasteiger partial charge in [-0.3, -0.25) is 9.59 Å². The van der Waals surface area contributed by atoms with Crippen molar-refractivity contribution in [1.82, 2.24) is 9.88 Å². The number of carbonyl (C=O) groups is 2. The van der Waals surface area contributed by atoms with E-state index in [0.717, 1.165) is 20.9 Å². The molecule has 0 spiro atoms. The van der Waals surface area contributed by atoms with Crippen LogP contribution in [-0.4, -0.2) is 21.2 Å². The highest BCUT2D eigenvalue weighted by Crippen LogP contribution is 2.29. The molecule has 3 aromatic carbocycles. The predicted octanol–water partition coefficient (Wildman–Crippen LogP) is 5.41. The van der Waals surface area contributed by atoms with Gasteiger partial charge in [-0.25, -0.2) is 0 Å². The van der Waals surface area contributed by atoms with Gasteiger partial charge in [0.15, 0.2) is 5.78 Å². The molecule has 4 nitrogen and oxygen atoms in total. The van der Waals surface area contributed by atoms with E-state index in [1.165, 1.54) is 16.3 Å². The monoisotopic (exact) mass is 488 g/mol. The Morgan fingerprint density at radius 3 is 2.68 bits per heavy atom. The Hall–Kier alpha value is -3.09. The molecule has 0 bridgehead atoms. The van der Waals surface area contributed by atoms with Gasteiger partial charge in [-0.2, -0.15) is 0 Å². The van der Waals surface area contributed by atoms with Crippen molar-refractivity contribution in [1.29, 1.82) is 0 Å². The molecule has 0 unspecified atom stereocenters. The van der Waals surface area contributed by atoms with Crippen LogP contribution >= 0.6 is 28.1 Å². The van der Waals surface area contributed by atoms with Gasteiger partial charge in [0.05, 0.1) is 17.0 Å². The number of piperidine rings is 1. The first-order valence-electron chi connectivity index (χ1n) is 9.84. The number of amides is 1. The summed E-state index contributed by atoms with van der Waals surface area (Å²) in [7, 11) is 0. The number of aromatic nitrogens is 1. The van der Waals surface area contributed by atoms with Crippen LogP contribution in [0.3, 0.4) is 0 Å². The molecule has 1 N–H and O–H groups in total. The smallest absolute Gasteiger partial charge is 0.259 e. The number of nitrogens with one attached hydrogen (secondary N) is 1. The Morgan fingerprint density at radius 1 is 1.03 bits per heavy atom. The summed E-state index contributed by atoms with van der Waals surface area (Å²) in [5.74, 6) is -0.690. The van der Waals surface area contributed by atoms with E-state index in [2.05, 4.69) is 56.1 Å². The third-order valence-electron chi connectivity index (χ3n) is 5.51. The fourth-order valence-corrected chi connectivity index (χ4v) is 4.65. The Kier molecular flexibility index (Phi) is 5.04. The van der Waals surface area contributed by atoms with Crippen molar-refractivity contribution in [3.05, 3.63) is 88.0 Å². The number of ketones is 1. The number of hydrogen-bond acceptors (Lipinski definition) is 3. The van der Waals surface area contributed by atoms with Crippen molar-refractivity contribution >= 4 is 72.6 Å². The fraction of sp³-hybridized carbons (Fsp3) is 0.0800. The lowest BCUT2D eigenvalue weighted by Crippen LogP contribution is -2.39. The highest BCUT2D eigenvalue weighted by molar-refractivity contribution is 9.10. The molecule has 0 aliphatic carbocycles. The van der Waals surface area contributed by atoms with Crippen LogP contribution in [0.15, 0.2) is 76.9 Å². The zero-order chi connectivity index (χ0) is 21.5. The van der Waals surface area contributed by atoms with Crippen molar-refractivity contribution in [3.63, 3.8) is 0 Å². The Balaban J connectivity index is 1.64. The average molecular weight is 489 g/mol. The summed E-state index contributed by atoms with van der Waals surface area (Å²) in [4.78, 5) is 25.1. The minimum Gasteiger partial charge on any atom is -0.342 e. The molecule has 4 aromatic rings. The van der Waals surface area contributed by atoms with Crippen LogP contribution in [0.1, 0.15) is 17.5 Å². The molecule has 0 atom stereocenters. The van der Waals surface area contributed by atoms with Gasteiger partial charge in [-0.15, -0.1) is 0 Å². The zero-order valence-electron chi connectivity index (χ0n) is 16.4. The van der Waals surface area contributed by atoms with E-state index in [-0.39, 0.29) is 22.8 Å². The molecule has 0 radical (unpaired) electrons. The number of nitrogens with zero attached hydrogens (tertiary/aromatic N) is 1. The maximum absolute atomic E-state index is 12.4. The molecule has 1 saturated heterocycles. The molecule has 1 aromatic heterocycles. The van der Waals surface area contributed by atoms with Gasteiger partial charge < -0.3 is 9.88 Å². The van der Waals surface area contributed by atoms with Crippen LogP contribution in [-0.2, 0) is 16.1 Å². The zero-order valence-corrected chi connectivity index (χ0v) is 18.8. The normalized spacial score (nSPS) is 15.8. The van der Waals surface area contributed by atoms with Gasteiger partial charge in [-0.1, -0.05) is 70.6 Å². The second kappa shape index (κ2) is 7.87. The number of halogens is 1. The first kappa shape index (κ1) is 19.8. The van der Waals surface area contributed by atoms with Gasteiger partial charge >= 0.3 is 0 Å². The van der Waals surface area contributed by atoms with Crippen molar-refractivity contribution in [3.8, 4) is 0 Å². The minimum atomic E-state index is -0.439. The van der Waals surface area contributed by atoms with Crippen molar-refractivity contribution in [2.75, 3.05) is 0 Å². The van der Waals surface area contributed by atoms with Crippen molar-refractivity contribution < 1.29 is 9.59 Å². The number of carbonyl (C=O) groups excluding carboxylic acids is 2. The van der Waals surface area contributed by atoms with E-state index in [9.17, 15) is 9.59 Å². The summed E-state index contributed by atoms with van der Waals surface area (Å²) in [6.07, 6.45) is 3.73. The highest BCUT2D eigenvalue weighted by Gasteiger charge is 2.26. The molecule has 31 heavy (non-hydrogen) atoms. The lowest BCUT2D eigenvalue weighted by Gasteiger charge is -2.14. The summed E-state index contributed by atoms with van der Waals surface area (Å²) < 4.78 is 3.09. The summed E-state index contributed by atoms with van der Waals surface area (Å²) in [5, 5.41) is 5.97. The van der Waals surface area contributed by atoms with Crippen LogP contribution in [0.2, 0.25) is 0 Å². The van der Waals surface area contributed by atoms with E-state index in [4.69, 9.17) is 12.2 Å². The molecule has 1 amide bonds. The minimum absolute atomic E-state index is 0.0608. The molecule has 1 aliphatic heterocycles. The van der Waals surface area contributed by atoms with Crippen molar-refractivity contribution in [2.24, 2.45) is 0 Å². The quantitative estimate of drug-likeness (QED) is 0.238. The summed E-state index contributed by atoms with van der Waals surface area (Å²) in [6.45, 7) is 0.673. The van der Waals surface area contributed by atoms with Gasteiger partial charge in [0.1, 0.15) is 0 Å². The van der Waals surface area contributed by atoms with Crippen LogP contribution in [0.5, 0.6) is 0 Å². The highest BCUT2D eigenvalue weighted by atomic mass is 79.9. The maximum atomic E-state index is 12.4. The Bertz CT molecular complexity index is 1410. The first-order valence-corrected chi connectivity index (χ1v) is 11.0. The molecule has 2 heterocycles. The Morgan fingerprint density at radius 2 is 1.84 bits per heavy atom. The molecular formula is C25H17BrN2O2S. The van der Waals surface area contributed by atoms with Crippen LogP contribution in [0.25, 0.3) is 27.8 Å². The number of benzene rings is 3. The number of rotatable bonds is 3. The molecule has 1 fully saturated rings. The summed E-state index contributed by atoms with van der Waals surface area (Å²) in [6, 6.07) is 20.7. The number of Topliss-reactive ketones (excluding diaryl/α,β-unsaturated/α-hetero) is 1. The number of hydrogen-bond donors (Lipinski definition) is 1.